The highest BCUT2D eigenvalue weighted by atomic mass is 31.2. The lowest BCUT2D eigenvalue weighted by Crippen LogP contribution is -2.25. The number of hydrogen-bond donors (Lipinski definition) is 0. The first-order valence-electron chi connectivity index (χ1n) is 19.0. The van der Waals surface area contributed by atoms with E-state index in [9.17, 15) is 0 Å². The summed E-state index contributed by atoms with van der Waals surface area (Å²) >= 11 is 0. The van der Waals surface area contributed by atoms with E-state index >= 15 is 4.57 Å². The molecule has 9 aromatic carbocycles. The van der Waals surface area contributed by atoms with Crippen molar-refractivity contribution in [3.8, 4) is 0 Å². The summed E-state index contributed by atoms with van der Waals surface area (Å²) in [6.07, 6.45) is 12.9. The van der Waals surface area contributed by atoms with E-state index in [1.54, 1.807) is 0 Å². The van der Waals surface area contributed by atoms with Gasteiger partial charge in [0.1, 0.15) is 0 Å². The Kier molecular flexibility index (Phi) is 9.68. The van der Waals surface area contributed by atoms with Gasteiger partial charge in [-0.15, -0.1) is 0 Å². The molecule has 9 aromatic rings. The Labute approximate surface area is 328 Å². The van der Waals surface area contributed by atoms with Crippen molar-refractivity contribution in [3.05, 3.63) is 234 Å². The van der Waals surface area contributed by atoms with Gasteiger partial charge in [0.05, 0.1) is 0 Å². The van der Waals surface area contributed by atoms with E-state index in [1.807, 2.05) is 36.4 Å². The molecule has 0 amide bonds. The lowest BCUT2D eigenvalue weighted by molar-refractivity contribution is 0.592. The van der Waals surface area contributed by atoms with E-state index in [1.165, 1.54) is 49.0 Å². The molecule has 0 radical (unpaired) electrons. The van der Waals surface area contributed by atoms with Gasteiger partial charge in [0.2, 0.25) is 0 Å². The molecule has 0 aliphatic heterocycles. The molecule has 0 aliphatic carbocycles. The minimum absolute atomic E-state index is 0.804. The van der Waals surface area contributed by atoms with Crippen LogP contribution in [-0.4, -0.2) is 0 Å². The van der Waals surface area contributed by atoms with Gasteiger partial charge in [-0.2, -0.15) is 0 Å². The van der Waals surface area contributed by atoms with Gasteiger partial charge in [-0.05, 0) is 65.7 Å². The summed E-state index contributed by atoms with van der Waals surface area (Å²) in [5.41, 5.74) is 6.66. The van der Waals surface area contributed by atoms with Crippen molar-refractivity contribution in [1.29, 1.82) is 0 Å². The Bertz CT molecular complexity index is 2630. The molecule has 0 N–H and O–H groups in total. The minimum Gasteiger partial charge on any atom is -0.309 e. The summed E-state index contributed by atoms with van der Waals surface area (Å²) in [5, 5.41) is 9.73. The van der Waals surface area contributed by atoms with Crippen LogP contribution in [0.1, 0.15) is 33.4 Å². The summed E-state index contributed by atoms with van der Waals surface area (Å²) in [6.45, 7) is 0. The number of fused-ring (bicyclic) bond motifs is 3. The van der Waals surface area contributed by atoms with Gasteiger partial charge < -0.3 is 4.57 Å². The molecule has 0 bridgehead atoms. The molecule has 1 nitrogen and oxygen atoms in total. The summed E-state index contributed by atoms with van der Waals surface area (Å²) in [4.78, 5) is 0. The third-order valence-corrected chi connectivity index (χ3v) is 13.7. The molecule has 0 aliphatic rings. The molecule has 0 saturated carbocycles. The van der Waals surface area contributed by atoms with Crippen LogP contribution in [0.2, 0.25) is 0 Å². The molecule has 0 heterocycles. The number of rotatable bonds is 9. The molecule has 0 saturated heterocycles. The van der Waals surface area contributed by atoms with Gasteiger partial charge in [-0.3, -0.25) is 0 Å². The van der Waals surface area contributed by atoms with Crippen LogP contribution in [0.5, 0.6) is 0 Å². The highest BCUT2D eigenvalue weighted by Gasteiger charge is 2.29. The largest absolute Gasteiger partial charge is 0.309 e. The second-order valence-corrected chi connectivity index (χ2v) is 16.9. The fraction of sp³-hybridized carbons (Fsp3) is 0. The first kappa shape index (κ1) is 34.9. The zero-order chi connectivity index (χ0) is 37.7. The van der Waals surface area contributed by atoms with Crippen molar-refractivity contribution in [3.63, 3.8) is 0 Å². The smallest absolute Gasteiger partial charge is 0.171 e. The Morgan fingerprint density at radius 3 is 0.839 bits per heavy atom. The second kappa shape index (κ2) is 15.5. The van der Waals surface area contributed by atoms with Gasteiger partial charge in [-0.1, -0.05) is 237 Å². The molecule has 266 valence electrons. The summed E-state index contributed by atoms with van der Waals surface area (Å²) in [5.74, 6) is 0. The molecule has 9 rings (SSSR count). The maximum absolute atomic E-state index is 15.7. The zero-order valence-corrected chi connectivity index (χ0v) is 31.8. The fourth-order valence-electron chi connectivity index (χ4n) is 7.58. The summed E-state index contributed by atoms with van der Waals surface area (Å²) in [7, 11) is -3.24. The molecule has 56 heavy (non-hydrogen) atoms. The molecular formula is C54H39OP. The van der Waals surface area contributed by atoms with E-state index in [2.05, 4.69) is 200 Å². The second-order valence-electron chi connectivity index (χ2n) is 14.1. The number of hydrogen-bond acceptors (Lipinski definition) is 1. The highest BCUT2D eigenvalue weighted by molar-refractivity contribution is 7.85. The average molecular weight is 735 g/mol. The monoisotopic (exact) mass is 734 g/mol. The normalized spacial score (nSPS) is 12.1. The highest BCUT2D eigenvalue weighted by Crippen LogP contribution is 2.43. The van der Waals surface area contributed by atoms with Crippen LogP contribution in [0.4, 0.5) is 0 Å². The van der Waals surface area contributed by atoms with Crippen molar-refractivity contribution in [2.24, 2.45) is 0 Å². The van der Waals surface area contributed by atoms with Gasteiger partial charge in [0, 0.05) is 15.9 Å². The third kappa shape index (κ3) is 7.09. The first-order chi connectivity index (χ1) is 27.6. The maximum Gasteiger partial charge on any atom is 0.171 e. The quantitative estimate of drug-likeness (QED) is 0.107. The molecular weight excluding hydrogens is 696 g/mol. The van der Waals surface area contributed by atoms with E-state index in [-0.39, 0.29) is 0 Å². The van der Waals surface area contributed by atoms with E-state index in [0.717, 1.165) is 32.6 Å². The van der Waals surface area contributed by atoms with Crippen LogP contribution >= 0.6 is 7.14 Å². The van der Waals surface area contributed by atoms with Crippen molar-refractivity contribution < 1.29 is 4.57 Å². The molecule has 0 spiro atoms. The summed E-state index contributed by atoms with van der Waals surface area (Å²) in [6, 6.07) is 69.1. The predicted molar refractivity (Wildman–Crippen MR) is 244 cm³/mol. The van der Waals surface area contributed by atoms with Crippen LogP contribution in [0, 0.1) is 0 Å². The maximum atomic E-state index is 15.7. The van der Waals surface area contributed by atoms with Crippen LogP contribution in [0.3, 0.4) is 0 Å². The number of benzene rings is 9. The SMILES string of the molecule is O=P(c1ccc(/C=C/c2cccc3ccccc23)cc1)(c1ccc(/C=C/c2cccc3ccccc23)cc1)c1ccc(/C=C/c2cccc3ccccc23)cc1. The van der Waals surface area contributed by atoms with E-state index < -0.39 is 7.14 Å². The van der Waals surface area contributed by atoms with Crippen LogP contribution < -0.4 is 15.9 Å². The fourth-order valence-corrected chi connectivity index (χ4v) is 10.2. The summed E-state index contributed by atoms with van der Waals surface area (Å²) < 4.78 is 15.7. The lowest BCUT2D eigenvalue weighted by Gasteiger charge is -2.20. The van der Waals surface area contributed by atoms with Crippen molar-refractivity contribution in [1.82, 2.24) is 0 Å². The van der Waals surface area contributed by atoms with Gasteiger partial charge in [0.15, 0.2) is 7.14 Å². The Morgan fingerprint density at radius 2 is 0.536 bits per heavy atom. The molecule has 2 heteroatoms. The van der Waals surface area contributed by atoms with E-state index in [0.29, 0.717) is 0 Å². The third-order valence-electron chi connectivity index (χ3n) is 10.6. The van der Waals surface area contributed by atoms with Crippen LogP contribution in [0.15, 0.2) is 200 Å². The van der Waals surface area contributed by atoms with Gasteiger partial charge in [-0.25, -0.2) is 0 Å². The van der Waals surface area contributed by atoms with Crippen LogP contribution in [0.25, 0.3) is 68.8 Å². The Hall–Kier alpha value is -6.79. The average Bonchev–Trinajstić information content (AvgIpc) is 3.27. The molecule has 0 fully saturated rings. The van der Waals surface area contributed by atoms with E-state index in [4.69, 9.17) is 0 Å². The standard InChI is InChI=1S/C54H39OP/c55-56(49-34-25-40(26-35-49)22-31-46-16-7-13-43-10-1-4-19-52(43)46,50-36-27-41(28-37-50)23-32-47-17-8-14-44-11-2-5-20-53(44)47)51-38-29-42(30-39-51)24-33-48-18-9-15-45-12-3-6-21-54(45)48/h1-39H/b31-22+,32-23+,33-24+. The zero-order valence-electron chi connectivity index (χ0n) is 30.9. The van der Waals surface area contributed by atoms with Crippen LogP contribution in [-0.2, 0) is 4.57 Å². The first-order valence-corrected chi connectivity index (χ1v) is 20.7. The van der Waals surface area contributed by atoms with Crippen molar-refractivity contribution in [2.75, 3.05) is 0 Å². The molecule has 0 unspecified atom stereocenters. The van der Waals surface area contributed by atoms with Crippen molar-refractivity contribution in [2.45, 2.75) is 0 Å². The Balaban J connectivity index is 1.04. The topological polar surface area (TPSA) is 17.1 Å². The van der Waals surface area contributed by atoms with Crippen molar-refractivity contribution >= 4 is 91.8 Å². The lowest BCUT2D eigenvalue weighted by atomic mass is 10.0. The minimum atomic E-state index is -3.24. The predicted octanol–water partition coefficient (Wildman–Crippen LogP) is 13.3. The van der Waals surface area contributed by atoms with Gasteiger partial charge >= 0.3 is 0 Å². The molecule has 0 atom stereocenters. The molecule has 0 aromatic heterocycles. The van der Waals surface area contributed by atoms with Gasteiger partial charge in [0.25, 0.3) is 0 Å². The Morgan fingerprint density at radius 1 is 0.268 bits per heavy atom.